The molecule has 2 rings (SSSR count). The number of carboxylic acid groups (broad SMARTS) is 1. The first-order valence-corrected chi connectivity index (χ1v) is 3.40. The molecule has 2 aliphatic rings. The van der Waals surface area contributed by atoms with Gasteiger partial charge in [0.05, 0.1) is 12.2 Å². The molecule has 0 bridgehead atoms. The highest BCUT2D eigenvalue weighted by atomic mass is 16.6. The zero-order valence-corrected chi connectivity index (χ0v) is 5.41. The van der Waals surface area contributed by atoms with Gasteiger partial charge < -0.3 is 15.2 Å². The van der Waals surface area contributed by atoms with Crippen LogP contribution in [0.1, 0.15) is 12.8 Å². The fourth-order valence-electron chi connectivity index (χ4n) is 1.54. The number of ether oxygens (including phenoxy) is 1. The molecule has 0 unspecified atom stereocenters. The van der Waals surface area contributed by atoms with Gasteiger partial charge in [0.15, 0.2) is 0 Å². The molecule has 4 nitrogen and oxygen atoms in total. The van der Waals surface area contributed by atoms with Crippen LogP contribution in [0.15, 0.2) is 0 Å². The fraction of sp³-hybridized carbons (Fsp3) is 0.833. The minimum Gasteiger partial charge on any atom is -0.465 e. The topological polar surface area (TPSA) is 61.9 Å². The molecule has 0 aromatic carbocycles. The number of hydrogen-bond donors (Lipinski definition) is 2. The van der Waals surface area contributed by atoms with Crippen molar-refractivity contribution in [2.45, 2.75) is 31.1 Å². The maximum Gasteiger partial charge on any atom is 0.404 e. The van der Waals surface area contributed by atoms with Crippen LogP contribution in [0, 0.1) is 0 Å². The standard InChI is InChI=1S/C6H9NO3/c8-6(9)7-3-1-4-5(2-3)10-4/h3-5,7H,1-2H2,(H,8,9)/t3-,4-,5+. The molecule has 1 saturated heterocycles. The van der Waals surface area contributed by atoms with Gasteiger partial charge in [0, 0.05) is 6.04 Å². The lowest BCUT2D eigenvalue weighted by Gasteiger charge is -2.09. The van der Waals surface area contributed by atoms with Crippen LogP contribution in [0.25, 0.3) is 0 Å². The quantitative estimate of drug-likeness (QED) is 0.515. The summed E-state index contributed by atoms with van der Waals surface area (Å²) >= 11 is 0. The lowest BCUT2D eigenvalue weighted by Crippen LogP contribution is -2.32. The Morgan fingerprint density at radius 1 is 1.50 bits per heavy atom. The molecule has 56 valence electrons. The third-order valence-electron chi connectivity index (χ3n) is 2.05. The van der Waals surface area contributed by atoms with E-state index in [9.17, 15) is 4.79 Å². The van der Waals surface area contributed by atoms with Crippen molar-refractivity contribution < 1.29 is 14.6 Å². The zero-order chi connectivity index (χ0) is 7.14. The van der Waals surface area contributed by atoms with Crippen LogP contribution in [0.5, 0.6) is 0 Å². The predicted octanol–water partition coefficient (Wildman–Crippen LogP) is 0.184. The summed E-state index contributed by atoms with van der Waals surface area (Å²) < 4.78 is 5.13. The first-order valence-electron chi connectivity index (χ1n) is 3.40. The number of fused-ring (bicyclic) bond motifs is 1. The second-order valence-electron chi connectivity index (χ2n) is 2.83. The molecule has 2 N–H and O–H groups in total. The van der Waals surface area contributed by atoms with Crippen molar-refractivity contribution in [3.05, 3.63) is 0 Å². The highest BCUT2D eigenvalue weighted by Gasteiger charge is 2.48. The Hall–Kier alpha value is -0.770. The van der Waals surface area contributed by atoms with Crippen LogP contribution in [0.3, 0.4) is 0 Å². The molecule has 10 heavy (non-hydrogen) atoms. The first kappa shape index (κ1) is 5.97. The normalized spacial score (nSPS) is 42.6. The molecular formula is C6H9NO3. The lowest BCUT2D eigenvalue weighted by atomic mass is 10.2. The Balaban J connectivity index is 1.80. The fourth-order valence-corrected chi connectivity index (χ4v) is 1.54. The Morgan fingerprint density at radius 2 is 2.10 bits per heavy atom. The number of hydrogen-bond acceptors (Lipinski definition) is 2. The second kappa shape index (κ2) is 1.85. The molecule has 0 aromatic heterocycles. The van der Waals surface area contributed by atoms with E-state index in [0.29, 0.717) is 12.2 Å². The van der Waals surface area contributed by atoms with Crippen LogP contribution in [0.2, 0.25) is 0 Å². The Labute approximate surface area is 58.2 Å². The van der Waals surface area contributed by atoms with E-state index in [1.165, 1.54) is 0 Å². The molecule has 0 radical (unpaired) electrons. The van der Waals surface area contributed by atoms with Gasteiger partial charge in [0.25, 0.3) is 0 Å². The summed E-state index contributed by atoms with van der Waals surface area (Å²) in [6.45, 7) is 0. The molecular weight excluding hydrogens is 134 g/mol. The highest BCUT2D eigenvalue weighted by molar-refractivity contribution is 5.64. The average molecular weight is 143 g/mol. The van der Waals surface area contributed by atoms with Crippen LogP contribution in [-0.4, -0.2) is 29.4 Å². The molecule has 2 fully saturated rings. The maximum absolute atomic E-state index is 10.1. The number of rotatable bonds is 1. The molecule has 4 heteroatoms. The van der Waals surface area contributed by atoms with E-state index >= 15 is 0 Å². The van der Waals surface area contributed by atoms with Crippen molar-refractivity contribution >= 4 is 6.09 Å². The van der Waals surface area contributed by atoms with Crippen LogP contribution in [0.4, 0.5) is 4.79 Å². The van der Waals surface area contributed by atoms with E-state index in [1.807, 2.05) is 0 Å². The third kappa shape index (κ3) is 0.945. The lowest BCUT2D eigenvalue weighted by molar-refractivity contribution is 0.185. The largest absolute Gasteiger partial charge is 0.465 e. The van der Waals surface area contributed by atoms with Gasteiger partial charge in [-0.1, -0.05) is 0 Å². The van der Waals surface area contributed by atoms with Gasteiger partial charge in [-0.3, -0.25) is 0 Å². The van der Waals surface area contributed by atoms with Crippen molar-refractivity contribution in [1.82, 2.24) is 5.32 Å². The number of amides is 1. The minimum atomic E-state index is -0.925. The molecule has 0 aromatic rings. The first-order chi connectivity index (χ1) is 4.75. The summed E-state index contributed by atoms with van der Waals surface area (Å²) in [4.78, 5) is 10.1. The predicted molar refractivity (Wildman–Crippen MR) is 32.8 cm³/mol. The van der Waals surface area contributed by atoms with Crippen molar-refractivity contribution in [3.63, 3.8) is 0 Å². The van der Waals surface area contributed by atoms with Crippen LogP contribution >= 0.6 is 0 Å². The Bertz CT molecular complexity index is 160. The summed E-state index contributed by atoms with van der Waals surface area (Å²) in [7, 11) is 0. The number of carbonyl (C=O) groups is 1. The smallest absolute Gasteiger partial charge is 0.404 e. The van der Waals surface area contributed by atoms with E-state index in [4.69, 9.17) is 9.84 Å². The molecule has 1 amide bonds. The molecule has 0 spiro atoms. The zero-order valence-electron chi connectivity index (χ0n) is 5.41. The SMILES string of the molecule is O=C(O)N[C@H]1C[C@@H]2O[C@@H]2C1. The summed E-state index contributed by atoms with van der Waals surface area (Å²) in [6, 6.07) is 0.140. The van der Waals surface area contributed by atoms with E-state index in [0.717, 1.165) is 12.8 Å². The summed E-state index contributed by atoms with van der Waals surface area (Å²) in [5, 5.41) is 10.8. The molecule has 1 heterocycles. The van der Waals surface area contributed by atoms with Crippen molar-refractivity contribution in [2.24, 2.45) is 0 Å². The molecule has 3 atom stereocenters. The summed E-state index contributed by atoms with van der Waals surface area (Å²) in [5.74, 6) is 0. The molecule has 1 aliphatic heterocycles. The van der Waals surface area contributed by atoms with E-state index < -0.39 is 6.09 Å². The van der Waals surface area contributed by atoms with Gasteiger partial charge in [0.1, 0.15) is 0 Å². The summed E-state index contributed by atoms with van der Waals surface area (Å²) in [5.41, 5.74) is 0. The van der Waals surface area contributed by atoms with E-state index in [-0.39, 0.29) is 6.04 Å². The molecule has 1 aliphatic carbocycles. The second-order valence-corrected chi connectivity index (χ2v) is 2.83. The van der Waals surface area contributed by atoms with Gasteiger partial charge in [-0.15, -0.1) is 0 Å². The monoisotopic (exact) mass is 143 g/mol. The number of epoxide rings is 1. The summed E-state index contributed by atoms with van der Waals surface area (Å²) in [6.07, 6.45) is 1.51. The third-order valence-corrected chi connectivity index (χ3v) is 2.05. The van der Waals surface area contributed by atoms with Crippen LogP contribution in [-0.2, 0) is 4.74 Å². The van der Waals surface area contributed by atoms with Crippen molar-refractivity contribution in [2.75, 3.05) is 0 Å². The van der Waals surface area contributed by atoms with Gasteiger partial charge in [0.2, 0.25) is 0 Å². The van der Waals surface area contributed by atoms with Gasteiger partial charge in [-0.2, -0.15) is 0 Å². The Kier molecular flexibility index (Phi) is 1.11. The average Bonchev–Trinajstić information content (AvgIpc) is 2.39. The van der Waals surface area contributed by atoms with E-state index in [2.05, 4.69) is 5.32 Å². The van der Waals surface area contributed by atoms with Gasteiger partial charge in [-0.25, -0.2) is 4.79 Å². The number of nitrogens with one attached hydrogen (secondary N) is 1. The van der Waals surface area contributed by atoms with Gasteiger partial charge >= 0.3 is 6.09 Å². The van der Waals surface area contributed by atoms with Crippen molar-refractivity contribution in [1.29, 1.82) is 0 Å². The van der Waals surface area contributed by atoms with Gasteiger partial charge in [-0.05, 0) is 12.8 Å². The maximum atomic E-state index is 10.1. The minimum absolute atomic E-state index is 0.140. The van der Waals surface area contributed by atoms with Crippen LogP contribution < -0.4 is 5.32 Å². The highest BCUT2D eigenvalue weighted by Crippen LogP contribution is 2.38. The molecule has 1 saturated carbocycles. The van der Waals surface area contributed by atoms with E-state index in [1.54, 1.807) is 0 Å². The Morgan fingerprint density at radius 3 is 2.60 bits per heavy atom. The van der Waals surface area contributed by atoms with Crippen molar-refractivity contribution in [3.8, 4) is 0 Å².